The predicted octanol–water partition coefficient (Wildman–Crippen LogP) is 2.60. The fourth-order valence-electron chi connectivity index (χ4n) is 1.93. The Bertz CT molecular complexity index is 765. The minimum absolute atomic E-state index is 0.523. The summed E-state index contributed by atoms with van der Waals surface area (Å²) < 4.78 is 1.71. The molecule has 0 radical (unpaired) electrons. The van der Waals surface area contributed by atoms with Crippen molar-refractivity contribution in [2.75, 3.05) is 0 Å². The predicted molar refractivity (Wildman–Crippen MR) is 68.3 cm³/mol. The van der Waals surface area contributed by atoms with E-state index in [-0.39, 0.29) is 0 Å². The number of rotatable bonds is 1. The van der Waals surface area contributed by atoms with Crippen LogP contribution >= 0.6 is 0 Å². The van der Waals surface area contributed by atoms with Crippen LogP contribution < -0.4 is 0 Å². The molecule has 0 N–H and O–H groups in total. The van der Waals surface area contributed by atoms with Gasteiger partial charge >= 0.3 is 0 Å². The lowest BCUT2D eigenvalue weighted by molar-refractivity contribution is 0.863. The van der Waals surface area contributed by atoms with E-state index in [1.165, 1.54) is 0 Å². The molecule has 0 atom stereocenters. The van der Waals surface area contributed by atoms with Crippen LogP contribution in [0.15, 0.2) is 42.6 Å². The van der Waals surface area contributed by atoms with E-state index in [2.05, 4.69) is 16.2 Å². The smallest absolute Gasteiger partial charge is 0.172 e. The molecule has 4 heteroatoms. The van der Waals surface area contributed by atoms with E-state index in [0.717, 1.165) is 16.6 Å². The second-order valence-corrected chi connectivity index (χ2v) is 4.05. The Balaban J connectivity index is 2.33. The average molecular weight is 234 g/mol. The van der Waals surface area contributed by atoms with Gasteiger partial charge in [0.15, 0.2) is 5.82 Å². The van der Waals surface area contributed by atoms with Crippen molar-refractivity contribution in [1.29, 1.82) is 5.26 Å². The number of para-hydroxylation sites is 1. The van der Waals surface area contributed by atoms with E-state index in [4.69, 9.17) is 5.26 Å². The second-order valence-electron chi connectivity index (χ2n) is 4.05. The molecule has 18 heavy (non-hydrogen) atoms. The van der Waals surface area contributed by atoms with Gasteiger partial charge in [0.05, 0.1) is 17.3 Å². The Morgan fingerprint density at radius 3 is 2.83 bits per heavy atom. The number of aromatic nitrogens is 3. The molecule has 0 amide bonds. The Labute approximate surface area is 104 Å². The van der Waals surface area contributed by atoms with Crippen molar-refractivity contribution in [3.05, 3.63) is 53.9 Å². The van der Waals surface area contributed by atoms with Crippen LogP contribution in [0.4, 0.5) is 0 Å². The van der Waals surface area contributed by atoms with Crippen molar-refractivity contribution >= 4 is 10.9 Å². The highest BCUT2D eigenvalue weighted by molar-refractivity contribution is 5.80. The first kappa shape index (κ1) is 10.5. The molecule has 2 aromatic heterocycles. The summed E-state index contributed by atoms with van der Waals surface area (Å²) in [7, 11) is 0. The number of benzene rings is 1. The highest BCUT2D eigenvalue weighted by atomic mass is 15.3. The molecule has 0 aliphatic carbocycles. The first-order chi connectivity index (χ1) is 8.79. The summed E-state index contributed by atoms with van der Waals surface area (Å²) in [6, 6.07) is 13.6. The quantitative estimate of drug-likeness (QED) is 0.650. The van der Waals surface area contributed by atoms with Crippen LogP contribution in [-0.4, -0.2) is 14.8 Å². The lowest BCUT2D eigenvalue weighted by Gasteiger charge is -2.05. The zero-order chi connectivity index (χ0) is 12.5. The molecule has 0 aliphatic heterocycles. The van der Waals surface area contributed by atoms with E-state index in [9.17, 15) is 0 Å². The van der Waals surface area contributed by atoms with E-state index in [0.29, 0.717) is 11.4 Å². The molecule has 0 bridgehead atoms. The summed E-state index contributed by atoms with van der Waals surface area (Å²) in [4.78, 5) is 4.41. The average Bonchev–Trinajstić information content (AvgIpc) is 2.82. The van der Waals surface area contributed by atoms with E-state index in [1.54, 1.807) is 16.9 Å². The number of aryl methyl sites for hydroxylation is 1. The standard InChI is InChI=1S/C14H10N4/c1-10-6-7-11(8-15)14(17-10)18-13-5-3-2-4-12(13)9-16-18/h2-7,9H,1H3. The third kappa shape index (κ3) is 1.54. The first-order valence-corrected chi connectivity index (χ1v) is 5.60. The lowest BCUT2D eigenvalue weighted by Crippen LogP contribution is -2.03. The molecule has 3 rings (SSSR count). The summed E-state index contributed by atoms with van der Waals surface area (Å²) in [6.45, 7) is 1.90. The number of nitriles is 1. The summed E-state index contributed by atoms with van der Waals surface area (Å²) in [5, 5.41) is 14.5. The highest BCUT2D eigenvalue weighted by Crippen LogP contribution is 2.19. The van der Waals surface area contributed by atoms with Crippen molar-refractivity contribution in [2.24, 2.45) is 0 Å². The molecule has 2 heterocycles. The summed E-state index contributed by atoms with van der Waals surface area (Å²) >= 11 is 0. The van der Waals surface area contributed by atoms with Crippen molar-refractivity contribution in [3.63, 3.8) is 0 Å². The number of pyridine rings is 1. The van der Waals surface area contributed by atoms with E-state index >= 15 is 0 Å². The molecule has 0 spiro atoms. The number of fused-ring (bicyclic) bond motifs is 1. The van der Waals surface area contributed by atoms with Crippen LogP contribution in [0.5, 0.6) is 0 Å². The van der Waals surface area contributed by atoms with Crippen LogP contribution in [0.25, 0.3) is 16.7 Å². The van der Waals surface area contributed by atoms with Gasteiger partial charge in [0.2, 0.25) is 0 Å². The minimum atomic E-state index is 0.523. The van der Waals surface area contributed by atoms with Gasteiger partial charge in [0, 0.05) is 11.1 Å². The molecular formula is C14H10N4. The maximum Gasteiger partial charge on any atom is 0.172 e. The molecule has 0 saturated carbocycles. The third-order valence-corrected chi connectivity index (χ3v) is 2.81. The maximum absolute atomic E-state index is 9.15. The molecular weight excluding hydrogens is 224 g/mol. The summed E-state index contributed by atoms with van der Waals surface area (Å²) in [5.74, 6) is 0.582. The Hall–Kier alpha value is -2.67. The molecule has 3 aromatic rings. The number of hydrogen-bond donors (Lipinski definition) is 0. The second kappa shape index (κ2) is 3.97. The van der Waals surface area contributed by atoms with Crippen LogP contribution in [0.1, 0.15) is 11.3 Å². The van der Waals surface area contributed by atoms with Crippen LogP contribution in [0.3, 0.4) is 0 Å². The zero-order valence-corrected chi connectivity index (χ0v) is 9.83. The van der Waals surface area contributed by atoms with Gasteiger partial charge in [-0.25, -0.2) is 9.67 Å². The summed E-state index contributed by atoms with van der Waals surface area (Å²) in [5.41, 5.74) is 2.34. The van der Waals surface area contributed by atoms with Crippen LogP contribution in [-0.2, 0) is 0 Å². The Kier molecular flexibility index (Phi) is 2.31. The number of nitrogens with zero attached hydrogens (tertiary/aromatic N) is 4. The molecule has 0 saturated heterocycles. The lowest BCUT2D eigenvalue weighted by atomic mass is 10.2. The van der Waals surface area contributed by atoms with Crippen LogP contribution in [0.2, 0.25) is 0 Å². The maximum atomic E-state index is 9.15. The van der Waals surface area contributed by atoms with Gasteiger partial charge in [-0.2, -0.15) is 10.4 Å². The normalized spacial score (nSPS) is 10.4. The molecule has 86 valence electrons. The topological polar surface area (TPSA) is 54.5 Å². The summed E-state index contributed by atoms with van der Waals surface area (Å²) in [6.07, 6.45) is 1.78. The first-order valence-electron chi connectivity index (χ1n) is 5.60. The largest absolute Gasteiger partial charge is 0.233 e. The Morgan fingerprint density at radius 1 is 1.17 bits per heavy atom. The van der Waals surface area contributed by atoms with Gasteiger partial charge < -0.3 is 0 Å². The molecule has 0 unspecified atom stereocenters. The molecule has 4 nitrogen and oxygen atoms in total. The van der Waals surface area contributed by atoms with Gasteiger partial charge in [-0.3, -0.25) is 0 Å². The van der Waals surface area contributed by atoms with Gasteiger partial charge in [0.25, 0.3) is 0 Å². The molecule has 0 fully saturated rings. The van der Waals surface area contributed by atoms with Crippen molar-refractivity contribution < 1.29 is 0 Å². The van der Waals surface area contributed by atoms with E-state index < -0.39 is 0 Å². The molecule has 0 aliphatic rings. The minimum Gasteiger partial charge on any atom is -0.233 e. The SMILES string of the molecule is Cc1ccc(C#N)c(-n2ncc3ccccc32)n1. The Morgan fingerprint density at radius 2 is 2.00 bits per heavy atom. The monoisotopic (exact) mass is 234 g/mol. The zero-order valence-electron chi connectivity index (χ0n) is 9.83. The van der Waals surface area contributed by atoms with Crippen molar-refractivity contribution in [1.82, 2.24) is 14.8 Å². The molecule has 1 aromatic carbocycles. The third-order valence-electron chi connectivity index (χ3n) is 2.81. The van der Waals surface area contributed by atoms with Crippen molar-refractivity contribution in [2.45, 2.75) is 6.92 Å². The van der Waals surface area contributed by atoms with Gasteiger partial charge in [-0.1, -0.05) is 18.2 Å². The van der Waals surface area contributed by atoms with Gasteiger partial charge in [-0.15, -0.1) is 0 Å². The van der Waals surface area contributed by atoms with Gasteiger partial charge in [0.1, 0.15) is 6.07 Å². The van der Waals surface area contributed by atoms with Crippen LogP contribution in [0, 0.1) is 18.3 Å². The van der Waals surface area contributed by atoms with Gasteiger partial charge in [-0.05, 0) is 25.1 Å². The van der Waals surface area contributed by atoms with Crippen molar-refractivity contribution in [3.8, 4) is 11.9 Å². The van der Waals surface area contributed by atoms with E-state index in [1.807, 2.05) is 37.3 Å². The number of hydrogen-bond acceptors (Lipinski definition) is 3. The fourth-order valence-corrected chi connectivity index (χ4v) is 1.93. The fraction of sp³-hybridized carbons (Fsp3) is 0.0714. The highest BCUT2D eigenvalue weighted by Gasteiger charge is 2.10.